The standard InChI is InChI=1S/C30H44N2/c1-22(2)24-13-15-26-25(20-24)14-16-28-29(3,17-9-18-30(26,28)4)21-32-19-8-12-27(31)23-10-6-5-7-11-23/h5-7,10-11,13,15,20,22,27-28,32H,8-9,12,14,16-19,21,31H2,1-4H3. The number of fused-ring (bicyclic) bond motifs is 3. The molecule has 0 saturated heterocycles. The lowest BCUT2D eigenvalue weighted by atomic mass is 9.49. The molecule has 0 aromatic heterocycles. The summed E-state index contributed by atoms with van der Waals surface area (Å²) in [7, 11) is 0. The Balaban J connectivity index is 1.37. The molecule has 2 aromatic rings. The highest BCUT2D eigenvalue weighted by molar-refractivity contribution is 5.42. The van der Waals surface area contributed by atoms with Gasteiger partial charge in [-0.15, -0.1) is 0 Å². The van der Waals surface area contributed by atoms with E-state index >= 15 is 0 Å². The Labute approximate surface area is 196 Å². The van der Waals surface area contributed by atoms with Crippen molar-refractivity contribution in [1.29, 1.82) is 0 Å². The molecule has 4 rings (SSSR count). The zero-order valence-corrected chi connectivity index (χ0v) is 20.8. The van der Waals surface area contributed by atoms with E-state index in [1.165, 1.54) is 43.2 Å². The maximum Gasteiger partial charge on any atom is 0.0295 e. The third-order valence-corrected chi connectivity index (χ3v) is 8.79. The van der Waals surface area contributed by atoms with E-state index in [2.05, 4.69) is 81.5 Å². The third-order valence-electron chi connectivity index (χ3n) is 8.79. The largest absolute Gasteiger partial charge is 0.324 e. The average Bonchev–Trinajstić information content (AvgIpc) is 2.79. The fourth-order valence-electron chi connectivity index (χ4n) is 6.90. The molecule has 0 aliphatic heterocycles. The molecule has 0 bridgehead atoms. The van der Waals surface area contributed by atoms with Crippen molar-refractivity contribution in [3.63, 3.8) is 0 Å². The van der Waals surface area contributed by atoms with E-state index in [9.17, 15) is 0 Å². The fraction of sp³-hybridized carbons (Fsp3) is 0.600. The van der Waals surface area contributed by atoms with Crippen molar-refractivity contribution in [1.82, 2.24) is 5.32 Å². The number of aryl methyl sites for hydroxylation is 1. The Morgan fingerprint density at radius 1 is 1.03 bits per heavy atom. The number of rotatable bonds is 8. The molecule has 2 aliphatic rings. The molecular formula is C30H44N2. The molecule has 4 atom stereocenters. The third kappa shape index (κ3) is 4.68. The van der Waals surface area contributed by atoms with Crippen molar-refractivity contribution in [2.24, 2.45) is 17.1 Å². The lowest BCUT2D eigenvalue weighted by Crippen LogP contribution is -2.52. The molecule has 3 N–H and O–H groups in total. The van der Waals surface area contributed by atoms with Crippen LogP contribution in [0.15, 0.2) is 48.5 Å². The zero-order chi connectivity index (χ0) is 22.8. The van der Waals surface area contributed by atoms with E-state index in [4.69, 9.17) is 5.73 Å². The zero-order valence-electron chi connectivity index (χ0n) is 20.8. The summed E-state index contributed by atoms with van der Waals surface area (Å²) in [6.07, 6.45) is 8.79. The molecule has 2 nitrogen and oxygen atoms in total. The van der Waals surface area contributed by atoms with E-state index < -0.39 is 0 Å². The van der Waals surface area contributed by atoms with Crippen LogP contribution in [-0.2, 0) is 11.8 Å². The van der Waals surface area contributed by atoms with Crippen molar-refractivity contribution in [2.75, 3.05) is 13.1 Å². The van der Waals surface area contributed by atoms with Gasteiger partial charge in [-0.3, -0.25) is 0 Å². The van der Waals surface area contributed by atoms with Crippen LogP contribution in [-0.4, -0.2) is 13.1 Å². The molecule has 2 aromatic carbocycles. The van der Waals surface area contributed by atoms with Gasteiger partial charge in [-0.25, -0.2) is 0 Å². The lowest BCUT2D eigenvalue weighted by Gasteiger charge is -2.55. The lowest BCUT2D eigenvalue weighted by molar-refractivity contribution is 0.0260. The van der Waals surface area contributed by atoms with Crippen molar-refractivity contribution < 1.29 is 0 Å². The van der Waals surface area contributed by atoms with Gasteiger partial charge in [-0.1, -0.05) is 82.6 Å². The first kappa shape index (κ1) is 23.5. The van der Waals surface area contributed by atoms with Crippen molar-refractivity contribution in [2.45, 2.75) is 90.0 Å². The number of nitrogens with one attached hydrogen (secondary N) is 1. The molecule has 0 amide bonds. The SMILES string of the molecule is CC(C)c1ccc2c(c1)CCC1C(C)(CNCCCC(N)c3ccccc3)CCCC21C. The van der Waals surface area contributed by atoms with Crippen LogP contribution >= 0.6 is 0 Å². The normalized spacial score (nSPS) is 28.2. The Bertz CT molecular complexity index is 889. The van der Waals surface area contributed by atoms with E-state index in [0.717, 1.165) is 31.8 Å². The number of hydrogen-bond acceptors (Lipinski definition) is 2. The maximum atomic E-state index is 6.40. The maximum absolute atomic E-state index is 6.40. The molecule has 2 heteroatoms. The van der Waals surface area contributed by atoms with Gasteiger partial charge in [-0.05, 0) is 90.0 Å². The predicted molar refractivity (Wildman–Crippen MR) is 137 cm³/mol. The van der Waals surface area contributed by atoms with Crippen LogP contribution in [0.1, 0.15) is 100 Å². The first-order valence-electron chi connectivity index (χ1n) is 13.0. The number of benzene rings is 2. The minimum absolute atomic E-state index is 0.150. The van der Waals surface area contributed by atoms with Crippen LogP contribution in [0.4, 0.5) is 0 Å². The van der Waals surface area contributed by atoms with Gasteiger partial charge in [0.15, 0.2) is 0 Å². The van der Waals surface area contributed by atoms with E-state index in [1.807, 2.05) is 0 Å². The molecule has 32 heavy (non-hydrogen) atoms. The van der Waals surface area contributed by atoms with Crippen LogP contribution in [0.5, 0.6) is 0 Å². The van der Waals surface area contributed by atoms with Crippen molar-refractivity contribution in [3.05, 3.63) is 70.8 Å². The smallest absolute Gasteiger partial charge is 0.0295 e. The number of nitrogens with two attached hydrogens (primary N) is 1. The second-order valence-corrected chi connectivity index (χ2v) is 11.4. The summed E-state index contributed by atoms with van der Waals surface area (Å²) in [6.45, 7) is 11.9. The summed E-state index contributed by atoms with van der Waals surface area (Å²) < 4.78 is 0. The van der Waals surface area contributed by atoms with Gasteiger partial charge < -0.3 is 11.1 Å². The first-order chi connectivity index (χ1) is 15.3. The Kier molecular flexibility index (Phi) is 7.12. The summed E-state index contributed by atoms with van der Waals surface area (Å²) >= 11 is 0. The monoisotopic (exact) mass is 432 g/mol. The highest BCUT2D eigenvalue weighted by Gasteiger charge is 2.51. The van der Waals surface area contributed by atoms with Gasteiger partial charge in [0, 0.05) is 12.6 Å². The van der Waals surface area contributed by atoms with Crippen molar-refractivity contribution in [3.8, 4) is 0 Å². The molecule has 1 saturated carbocycles. The molecule has 174 valence electrons. The molecular weight excluding hydrogens is 388 g/mol. The second-order valence-electron chi connectivity index (χ2n) is 11.4. The predicted octanol–water partition coefficient (Wildman–Crippen LogP) is 6.89. The average molecular weight is 433 g/mol. The second kappa shape index (κ2) is 9.69. The van der Waals surface area contributed by atoms with Gasteiger partial charge in [0.1, 0.15) is 0 Å². The van der Waals surface area contributed by atoms with E-state index in [-0.39, 0.29) is 6.04 Å². The van der Waals surface area contributed by atoms with E-state index in [1.54, 1.807) is 11.1 Å². The summed E-state index contributed by atoms with van der Waals surface area (Å²) in [5.41, 5.74) is 13.1. The van der Waals surface area contributed by atoms with Crippen molar-refractivity contribution >= 4 is 0 Å². The minimum Gasteiger partial charge on any atom is -0.324 e. The Morgan fingerprint density at radius 2 is 1.81 bits per heavy atom. The van der Waals surface area contributed by atoms with E-state index in [0.29, 0.717) is 16.7 Å². The summed E-state index contributed by atoms with van der Waals surface area (Å²) in [4.78, 5) is 0. The fourth-order valence-corrected chi connectivity index (χ4v) is 6.90. The minimum atomic E-state index is 0.150. The van der Waals surface area contributed by atoms with Crippen LogP contribution in [0, 0.1) is 11.3 Å². The molecule has 0 radical (unpaired) electrons. The molecule has 0 heterocycles. The molecule has 0 spiro atoms. The van der Waals surface area contributed by atoms with Crippen LogP contribution < -0.4 is 11.1 Å². The van der Waals surface area contributed by atoms with Gasteiger partial charge in [0.05, 0.1) is 0 Å². The highest BCUT2D eigenvalue weighted by Crippen LogP contribution is 2.57. The van der Waals surface area contributed by atoms with Gasteiger partial charge in [-0.2, -0.15) is 0 Å². The Morgan fingerprint density at radius 3 is 2.56 bits per heavy atom. The molecule has 2 aliphatic carbocycles. The topological polar surface area (TPSA) is 38.0 Å². The van der Waals surface area contributed by atoms with Crippen LogP contribution in [0.3, 0.4) is 0 Å². The van der Waals surface area contributed by atoms with Gasteiger partial charge >= 0.3 is 0 Å². The van der Waals surface area contributed by atoms with Crippen LogP contribution in [0.25, 0.3) is 0 Å². The number of hydrogen-bond donors (Lipinski definition) is 2. The van der Waals surface area contributed by atoms with Crippen LogP contribution in [0.2, 0.25) is 0 Å². The van der Waals surface area contributed by atoms with Gasteiger partial charge in [0.2, 0.25) is 0 Å². The van der Waals surface area contributed by atoms with Gasteiger partial charge in [0.25, 0.3) is 0 Å². The summed E-state index contributed by atoms with van der Waals surface area (Å²) in [5, 5.41) is 3.85. The Hall–Kier alpha value is -1.64. The highest BCUT2D eigenvalue weighted by atomic mass is 14.9. The summed E-state index contributed by atoms with van der Waals surface area (Å²) in [5.74, 6) is 1.38. The summed E-state index contributed by atoms with van der Waals surface area (Å²) in [6, 6.07) is 18.1. The first-order valence-corrected chi connectivity index (χ1v) is 13.0. The molecule has 1 fully saturated rings. The quantitative estimate of drug-likeness (QED) is 0.446. The molecule has 4 unspecified atom stereocenters.